The van der Waals surface area contributed by atoms with Gasteiger partial charge in [-0.3, -0.25) is 0 Å². The van der Waals surface area contributed by atoms with Crippen LogP contribution in [0.25, 0.3) is 0 Å². The van der Waals surface area contributed by atoms with Crippen LogP contribution in [0.1, 0.15) is 51.9 Å². The van der Waals surface area contributed by atoms with E-state index in [0.29, 0.717) is 5.92 Å². The Bertz CT molecular complexity index is 588. The van der Waals surface area contributed by atoms with Gasteiger partial charge in [0.05, 0.1) is 19.3 Å². The molecule has 5 rings (SSSR count). The molecule has 0 unspecified atom stereocenters. The third kappa shape index (κ3) is 2.01. The molecule has 1 spiro atoms. The molecule has 0 radical (unpaired) electrons. The maximum atomic E-state index is 10.7. The number of allylic oxidation sites excluding steroid dienone is 1. The molecular weight excluding hydrogens is 300 g/mol. The van der Waals surface area contributed by atoms with Crippen LogP contribution in [-0.4, -0.2) is 30.2 Å². The van der Waals surface area contributed by atoms with Crippen LogP contribution in [-0.2, 0) is 9.47 Å². The van der Waals surface area contributed by atoms with E-state index in [9.17, 15) is 5.11 Å². The van der Waals surface area contributed by atoms with Gasteiger partial charge in [0.15, 0.2) is 5.79 Å². The van der Waals surface area contributed by atoms with E-state index in [2.05, 4.69) is 19.6 Å². The van der Waals surface area contributed by atoms with Crippen LogP contribution in [0.2, 0.25) is 0 Å². The summed E-state index contributed by atoms with van der Waals surface area (Å²) in [5.74, 6) is 2.56. The van der Waals surface area contributed by atoms with Crippen molar-refractivity contribution in [2.45, 2.75) is 63.8 Å². The molecule has 0 amide bonds. The molecule has 4 fully saturated rings. The van der Waals surface area contributed by atoms with E-state index in [1.807, 2.05) is 0 Å². The maximum Gasteiger partial charge on any atom is 0.172 e. The van der Waals surface area contributed by atoms with E-state index in [0.717, 1.165) is 62.2 Å². The Morgan fingerprint density at radius 1 is 1.17 bits per heavy atom. The molecule has 3 saturated carbocycles. The Morgan fingerprint density at radius 2 is 1.96 bits per heavy atom. The molecule has 0 bridgehead atoms. The molecule has 6 atom stereocenters. The van der Waals surface area contributed by atoms with Gasteiger partial charge in [0.25, 0.3) is 0 Å². The highest BCUT2D eigenvalue weighted by Gasteiger charge is 2.57. The largest absolute Gasteiger partial charge is 0.388 e. The zero-order chi connectivity index (χ0) is 16.5. The summed E-state index contributed by atoms with van der Waals surface area (Å²) in [6.07, 6.45) is 10.1. The molecule has 0 aromatic heterocycles. The van der Waals surface area contributed by atoms with Crippen LogP contribution in [0.4, 0.5) is 0 Å². The van der Waals surface area contributed by atoms with Crippen molar-refractivity contribution in [2.75, 3.05) is 13.2 Å². The molecule has 1 heterocycles. The molecule has 5 aliphatic rings. The molecule has 4 aliphatic carbocycles. The van der Waals surface area contributed by atoms with Gasteiger partial charge in [0.2, 0.25) is 0 Å². The van der Waals surface area contributed by atoms with E-state index in [-0.39, 0.29) is 17.3 Å². The first-order valence-electron chi connectivity index (χ1n) is 9.85. The van der Waals surface area contributed by atoms with Crippen molar-refractivity contribution in [1.82, 2.24) is 0 Å². The summed E-state index contributed by atoms with van der Waals surface area (Å²) in [5, 5.41) is 10.7. The zero-order valence-electron chi connectivity index (χ0n) is 14.8. The van der Waals surface area contributed by atoms with Crippen LogP contribution in [0.15, 0.2) is 23.8 Å². The lowest BCUT2D eigenvalue weighted by Crippen LogP contribution is -2.48. The summed E-state index contributed by atoms with van der Waals surface area (Å²) >= 11 is 0. The zero-order valence-corrected chi connectivity index (χ0v) is 14.8. The second-order valence-corrected chi connectivity index (χ2v) is 9.19. The summed E-state index contributed by atoms with van der Waals surface area (Å²) in [6, 6.07) is 0. The fourth-order valence-electron chi connectivity index (χ4n) is 6.92. The summed E-state index contributed by atoms with van der Waals surface area (Å²) < 4.78 is 11.9. The van der Waals surface area contributed by atoms with E-state index in [1.165, 1.54) is 19.3 Å². The van der Waals surface area contributed by atoms with Gasteiger partial charge in [0.1, 0.15) is 0 Å². The van der Waals surface area contributed by atoms with Gasteiger partial charge in [-0.15, -0.1) is 0 Å². The number of hydrogen-bond acceptors (Lipinski definition) is 3. The predicted molar refractivity (Wildman–Crippen MR) is 92.3 cm³/mol. The average molecular weight is 330 g/mol. The highest BCUT2D eigenvalue weighted by molar-refractivity contribution is 5.26. The van der Waals surface area contributed by atoms with Gasteiger partial charge in [-0.05, 0) is 61.3 Å². The lowest BCUT2D eigenvalue weighted by Gasteiger charge is -2.53. The standard InChI is InChI=1S/C21H30O3/c1-13-11-18-17-4-3-14-12-21(23-9-10-24-21)8-6-15(14)16(17)5-7-20(18,2)19(13)22/h3,15-19,22H,1,4-12H2,2H3/t15-,16+,17+,18-,19-,20-/m0/s1. The third-order valence-corrected chi connectivity index (χ3v) is 8.19. The minimum absolute atomic E-state index is 0.0666. The monoisotopic (exact) mass is 330 g/mol. The minimum Gasteiger partial charge on any atom is -0.388 e. The Balaban J connectivity index is 1.42. The van der Waals surface area contributed by atoms with Crippen molar-refractivity contribution in [1.29, 1.82) is 0 Å². The molecular formula is C21H30O3. The summed E-state index contributed by atoms with van der Waals surface area (Å²) in [7, 11) is 0. The SMILES string of the molecule is C=C1C[C@H]2[C@@H]3CC=C4CC5(CC[C@@H]4[C@H]3CC[C@]2(C)[C@H]1O)OCCO5. The van der Waals surface area contributed by atoms with Crippen molar-refractivity contribution in [3.63, 3.8) is 0 Å². The topological polar surface area (TPSA) is 38.7 Å². The Labute approximate surface area is 145 Å². The first kappa shape index (κ1) is 15.6. The molecule has 0 aromatic rings. The van der Waals surface area contributed by atoms with E-state index in [4.69, 9.17) is 9.47 Å². The van der Waals surface area contributed by atoms with Gasteiger partial charge < -0.3 is 14.6 Å². The maximum absolute atomic E-state index is 10.7. The van der Waals surface area contributed by atoms with E-state index < -0.39 is 0 Å². The number of hydrogen-bond donors (Lipinski definition) is 1. The van der Waals surface area contributed by atoms with Crippen LogP contribution in [0, 0.1) is 29.1 Å². The Morgan fingerprint density at radius 3 is 2.75 bits per heavy atom. The number of aliphatic hydroxyl groups is 1. The molecule has 1 saturated heterocycles. The van der Waals surface area contributed by atoms with Crippen LogP contribution >= 0.6 is 0 Å². The summed E-state index contributed by atoms with van der Waals surface area (Å²) in [6.45, 7) is 7.99. The first-order chi connectivity index (χ1) is 11.5. The summed E-state index contributed by atoms with van der Waals surface area (Å²) in [5.41, 5.74) is 2.75. The minimum atomic E-state index is -0.295. The van der Waals surface area contributed by atoms with Crippen molar-refractivity contribution in [3.8, 4) is 0 Å². The van der Waals surface area contributed by atoms with Gasteiger partial charge in [-0.25, -0.2) is 0 Å². The lowest BCUT2D eigenvalue weighted by molar-refractivity contribution is -0.176. The van der Waals surface area contributed by atoms with Crippen molar-refractivity contribution >= 4 is 0 Å². The number of aliphatic hydroxyl groups excluding tert-OH is 1. The number of fused-ring (bicyclic) bond motifs is 5. The first-order valence-corrected chi connectivity index (χ1v) is 9.85. The molecule has 1 N–H and O–H groups in total. The second-order valence-electron chi connectivity index (χ2n) is 9.19. The highest BCUT2D eigenvalue weighted by atomic mass is 16.7. The normalized spacial score (nSPS) is 49.5. The smallest absolute Gasteiger partial charge is 0.172 e. The van der Waals surface area contributed by atoms with Crippen molar-refractivity contribution in [3.05, 3.63) is 23.8 Å². The second kappa shape index (κ2) is 5.18. The van der Waals surface area contributed by atoms with Crippen LogP contribution in [0.3, 0.4) is 0 Å². The van der Waals surface area contributed by atoms with Crippen molar-refractivity contribution < 1.29 is 14.6 Å². The average Bonchev–Trinajstić information content (AvgIpc) is 3.12. The van der Waals surface area contributed by atoms with E-state index in [1.54, 1.807) is 5.57 Å². The molecule has 0 aromatic carbocycles. The Hall–Kier alpha value is -0.640. The number of ether oxygens (including phenoxy) is 2. The van der Waals surface area contributed by atoms with Gasteiger partial charge in [-0.1, -0.05) is 25.2 Å². The van der Waals surface area contributed by atoms with Gasteiger partial charge >= 0.3 is 0 Å². The molecule has 3 nitrogen and oxygen atoms in total. The summed E-state index contributed by atoms with van der Waals surface area (Å²) in [4.78, 5) is 0. The van der Waals surface area contributed by atoms with Crippen molar-refractivity contribution in [2.24, 2.45) is 29.1 Å². The fourth-order valence-corrected chi connectivity index (χ4v) is 6.92. The lowest BCUT2D eigenvalue weighted by atomic mass is 9.52. The van der Waals surface area contributed by atoms with Crippen LogP contribution in [0.5, 0.6) is 0 Å². The van der Waals surface area contributed by atoms with Gasteiger partial charge in [-0.2, -0.15) is 0 Å². The third-order valence-electron chi connectivity index (χ3n) is 8.19. The molecule has 24 heavy (non-hydrogen) atoms. The Kier molecular flexibility index (Phi) is 3.37. The molecule has 1 aliphatic heterocycles. The molecule has 3 heteroatoms. The fraction of sp³-hybridized carbons (Fsp3) is 0.810. The molecule has 132 valence electrons. The predicted octanol–water partition coefficient (Wildman–Crippen LogP) is 3.83. The number of rotatable bonds is 0. The quantitative estimate of drug-likeness (QED) is 0.686. The van der Waals surface area contributed by atoms with Crippen LogP contribution < -0.4 is 0 Å². The van der Waals surface area contributed by atoms with Gasteiger partial charge in [0, 0.05) is 18.3 Å². The van der Waals surface area contributed by atoms with E-state index >= 15 is 0 Å². The highest BCUT2D eigenvalue weighted by Crippen LogP contribution is 2.62.